The number of nitrogens with one attached hydrogen (secondary N) is 1. The summed E-state index contributed by atoms with van der Waals surface area (Å²) in [6.45, 7) is 1.62. The third kappa shape index (κ3) is 6.89. The Morgan fingerprint density at radius 2 is 1.76 bits per heavy atom. The van der Waals surface area contributed by atoms with Crippen LogP contribution in [0.15, 0.2) is 60.7 Å². The Morgan fingerprint density at radius 1 is 1.09 bits per heavy atom. The van der Waals surface area contributed by atoms with E-state index in [4.69, 9.17) is 4.74 Å². The van der Waals surface area contributed by atoms with Crippen LogP contribution in [0.1, 0.15) is 49.8 Å². The number of aliphatic carboxylic acids is 1. The number of carboxylic acids is 1. The minimum absolute atomic E-state index is 0.252. The molecular formula is C26H32N2O5. The summed E-state index contributed by atoms with van der Waals surface area (Å²) in [5.74, 6) is -1.75. The third-order valence-corrected chi connectivity index (χ3v) is 5.96. The van der Waals surface area contributed by atoms with Gasteiger partial charge < -0.3 is 14.7 Å². The first-order valence-electron chi connectivity index (χ1n) is 11.5. The van der Waals surface area contributed by atoms with Crippen LogP contribution in [0.2, 0.25) is 0 Å². The molecule has 33 heavy (non-hydrogen) atoms. The Bertz CT molecular complexity index is 919. The van der Waals surface area contributed by atoms with Gasteiger partial charge in [-0.05, 0) is 50.2 Å². The molecule has 0 saturated carbocycles. The highest BCUT2D eigenvalue weighted by molar-refractivity contribution is 5.87. The molecule has 1 aliphatic heterocycles. The van der Waals surface area contributed by atoms with E-state index >= 15 is 0 Å². The van der Waals surface area contributed by atoms with Gasteiger partial charge in [-0.3, -0.25) is 19.7 Å². The maximum atomic E-state index is 13.5. The average molecular weight is 453 g/mol. The second kappa shape index (κ2) is 12.2. The molecule has 0 radical (unpaired) electrons. The van der Waals surface area contributed by atoms with Gasteiger partial charge in [0.05, 0.1) is 18.7 Å². The highest BCUT2D eigenvalue weighted by Crippen LogP contribution is 2.31. The number of carboxylic acid groups (broad SMARTS) is 1. The Morgan fingerprint density at radius 3 is 2.39 bits per heavy atom. The van der Waals surface area contributed by atoms with Crippen molar-refractivity contribution in [2.45, 2.75) is 57.2 Å². The fraction of sp³-hybridized carbons (Fsp3) is 0.423. The number of amides is 1. The third-order valence-electron chi connectivity index (χ3n) is 5.96. The van der Waals surface area contributed by atoms with Gasteiger partial charge in [-0.2, -0.15) is 0 Å². The van der Waals surface area contributed by atoms with Crippen molar-refractivity contribution in [2.24, 2.45) is 0 Å². The van der Waals surface area contributed by atoms with Gasteiger partial charge in [0.1, 0.15) is 12.6 Å². The predicted molar refractivity (Wildman–Crippen MR) is 124 cm³/mol. The average Bonchev–Trinajstić information content (AvgIpc) is 2.96. The predicted octanol–water partition coefficient (Wildman–Crippen LogP) is 3.35. The van der Waals surface area contributed by atoms with Gasteiger partial charge in [-0.25, -0.2) is 0 Å². The lowest BCUT2D eigenvalue weighted by molar-refractivity contribution is -0.149. The number of ether oxygens (including phenoxy) is 1. The lowest BCUT2D eigenvalue weighted by atomic mass is 10.0. The molecule has 0 bridgehead atoms. The number of carbonyl (C=O) groups excluding carboxylic acids is 2. The van der Waals surface area contributed by atoms with Crippen LogP contribution in [0.3, 0.4) is 0 Å². The summed E-state index contributed by atoms with van der Waals surface area (Å²) in [7, 11) is 0. The summed E-state index contributed by atoms with van der Waals surface area (Å²) in [5.41, 5.74) is 2.01. The van der Waals surface area contributed by atoms with E-state index in [9.17, 15) is 19.5 Å². The van der Waals surface area contributed by atoms with Gasteiger partial charge in [0.15, 0.2) is 0 Å². The Kier molecular flexibility index (Phi) is 9.01. The molecule has 1 aliphatic rings. The van der Waals surface area contributed by atoms with Gasteiger partial charge in [0, 0.05) is 0 Å². The van der Waals surface area contributed by atoms with Crippen molar-refractivity contribution in [1.82, 2.24) is 10.2 Å². The molecule has 1 heterocycles. The number of hydrogen-bond acceptors (Lipinski definition) is 5. The Balaban J connectivity index is 1.79. The van der Waals surface area contributed by atoms with Gasteiger partial charge in [-0.1, -0.05) is 60.7 Å². The molecule has 176 valence electrons. The quantitative estimate of drug-likeness (QED) is 0.537. The molecule has 0 spiro atoms. The summed E-state index contributed by atoms with van der Waals surface area (Å²) in [5, 5.41) is 12.7. The Labute approximate surface area is 194 Å². The van der Waals surface area contributed by atoms with E-state index in [2.05, 4.69) is 5.32 Å². The maximum Gasteiger partial charge on any atom is 0.323 e. The molecule has 7 nitrogen and oxygen atoms in total. The summed E-state index contributed by atoms with van der Waals surface area (Å²) in [4.78, 5) is 39.2. The van der Waals surface area contributed by atoms with E-state index in [1.54, 1.807) is 6.92 Å². The van der Waals surface area contributed by atoms with Crippen LogP contribution in [0.4, 0.5) is 0 Å². The second-order valence-electron chi connectivity index (χ2n) is 8.27. The lowest BCUT2D eigenvalue weighted by Gasteiger charge is -2.32. The molecule has 2 aromatic rings. The fourth-order valence-electron chi connectivity index (χ4n) is 4.37. The lowest BCUT2D eigenvalue weighted by Crippen LogP contribution is -2.53. The molecule has 7 heteroatoms. The molecule has 3 rings (SSSR count). The van der Waals surface area contributed by atoms with Crippen LogP contribution < -0.4 is 5.32 Å². The van der Waals surface area contributed by atoms with E-state index in [1.807, 2.05) is 60.7 Å². The van der Waals surface area contributed by atoms with Crippen LogP contribution in [0.25, 0.3) is 0 Å². The number of likely N-dealkylation sites (tertiary alicyclic amines) is 1. The Hall–Kier alpha value is -3.19. The number of hydrogen-bond donors (Lipinski definition) is 2. The van der Waals surface area contributed by atoms with Gasteiger partial charge in [0.25, 0.3) is 0 Å². The van der Waals surface area contributed by atoms with Gasteiger partial charge in [0.2, 0.25) is 5.91 Å². The summed E-state index contributed by atoms with van der Waals surface area (Å²) < 4.78 is 5.26. The first-order chi connectivity index (χ1) is 16.0. The SMILES string of the molecule is CCOC(=O)[C@H](CCc1ccccc1)N[C@H]1CCCC(c2ccccc2)N(CC(=O)O)C1=O. The van der Waals surface area contributed by atoms with E-state index in [1.165, 1.54) is 4.90 Å². The summed E-state index contributed by atoms with van der Waals surface area (Å²) in [6, 6.07) is 17.7. The minimum Gasteiger partial charge on any atom is -0.480 e. The number of carbonyl (C=O) groups is 3. The van der Waals surface area contributed by atoms with E-state index < -0.39 is 24.0 Å². The maximum absolute atomic E-state index is 13.5. The van der Waals surface area contributed by atoms with E-state index in [0.717, 1.165) is 17.5 Å². The van der Waals surface area contributed by atoms with Crippen LogP contribution in [-0.4, -0.2) is 53.1 Å². The molecule has 2 aromatic carbocycles. The van der Waals surface area contributed by atoms with Crippen molar-refractivity contribution in [3.05, 3.63) is 71.8 Å². The van der Waals surface area contributed by atoms with Crippen molar-refractivity contribution >= 4 is 17.8 Å². The van der Waals surface area contributed by atoms with Crippen LogP contribution in [-0.2, 0) is 25.5 Å². The number of aryl methyl sites for hydroxylation is 1. The zero-order chi connectivity index (χ0) is 23.6. The highest BCUT2D eigenvalue weighted by atomic mass is 16.5. The zero-order valence-corrected chi connectivity index (χ0v) is 19.0. The van der Waals surface area contributed by atoms with Crippen molar-refractivity contribution < 1.29 is 24.2 Å². The van der Waals surface area contributed by atoms with Gasteiger partial charge in [-0.15, -0.1) is 0 Å². The first kappa shape index (κ1) is 24.5. The molecule has 1 unspecified atom stereocenters. The van der Waals surface area contributed by atoms with Gasteiger partial charge >= 0.3 is 11.9 Å². The topological polar surface area (TPSA) is 95.9 Å². The molecule has 3 atom stereocenters. The first-order valence-corrected chi connectivity index (χ1v) is 11.5. The number of benzene rings is 2. The number of esters is 1. The number of rotatable bonds is 10. The van der Waals surface area contributed by atoms with Crippen molar-refractivity contribution in [1.29, 1.82) is 0 Å². The monoisotopic (exact) mass is 452 g/mol. The largest absolute Gasteiger partial charge is 0.480 e. The van der Waals surface area contributed by atoms with Crippen molar-refractivity contribution in [3.63, 3.8) is 0 Å². The number of nitrogens with zero attached hydrogens (tertiary/aromatic N) is 1. The molecule has 0 aromatic heterocycles. The van der Waals surface area contributed by atoms with E-state index in [0.29, 0.717) is 25.7 Å². The standard InChI is InChI=1S/C26H32N2O5/c1-2-33-26(32)22(17-16-19-10-5-3-6-11-19)27-21-14-9-15-23(20-12-7-4-8-13-20)28(25(21)31)18-24(29)30/h3-8,10-13,21-23,27H,2,9,14-18H2,1H3,(H,29,30)/t21-,22-,23?/m0/s1. The van der Waals surface area contributed by atoms with E-state index in [-0.39, 0.29) is 25.1 Å². The molecular weight excluding hydrogens is 420 g/mol. The molecule has 2 N–H and O–H groups in total. The second-order valence-corrected chi connectivity index (χ2v) is 8.27. The van der Waals surface area contributed by atoms with Crippen LogP contribution in [0.5, 0.6) is 0 Å². The summed E-state index contributed by atoms with van der Waals surface area (Å²) >= 11 is 0. The molecule has 1 fully saturated rings. The minimum atomic E-state index is -1.06. The van der Waals surface area contributed by atoms with Crippen LogP contribution in [0, 0.1) is 0 Å². The summed E-state index contributed by atoms with van der Waals surface area (Å²) in [6.07, 6.45) is 3.06. The highest BCUT2D eigenvalue weighted by Gasteiger charge is 2.36. The molecule has 1 saturated heterocycles. The zero-order valence-electron chi connectivity index (χ0n) is 19.0. The molecule has 1 amide bonds. The van der Waals surface area contributed by atoms with Crippen molar-refractivity contribution in [3.8, 4) is 0 Å². The molecule has 0 aliphatic carbocycles. The smallest absolute Gasteiger partial charge is 0.323 e. The fourth-order valence-corrected chi connectivity index (χ4v) is 4.37. The normalized spacial score (nSPS) is 19.5. The van der Waals surface area contributed by atoms with Crippen LogP contribution >= 0.6 is 0 Å². The van der Waals surface area contributed by atoms with Crippen molar-refractivity contribution in [2.75, 3.05) is 13.2 Å².